The second kappa shape index (κ2) is 13.3. The van der Waals surface area contributed by atoms with Gasteiger partial charge in [0.25, 0.3) is 0 Å². The molecule has 0 fully saturated rings. The van der Waals surface area contributed by atoms with E-state index in [1.807, 2.05) is 0 Å². The van der Waals surface area contributed by atoms with Gasteiger partial charge < -0.3 is 9.80 Å². The molecular formula is C15H30Br2N2. The van der Waals surface area contributed by atoms with E-state index in [9.17, 15) is 0 Å². The number of nitrogens with zero attached hydrogens (tertiary/aromatic N) is 2. The summed E-state index contributed by atoms with van der Waals surface area (Å²) in [6.07, 6.45) is 15.7. The average molecular weight is 398 g/mol. The van der Waals surface area contributed by atoms with Crippen LogP contribution < -0.4 is 0 Å². The minimum absolute atomic E-state index is 0. The maximum atomic E-state index is 3.48. The molecule has 0 atom stereocenters. The molecule has 0 amide bonds. The van der Waals surface area contributed by atoms with E-state index < -0.39 is 0 Å². The van der Waals surface area contributed by atoms with E-state index in [4.69, 9.17) is 0 Å². The Morgan fingerprint density at radius 1 is 0.842 bits per heavy atom. The van der Waals surface area contributed by atoms with Crippen molar-refractivity contribution in [1.29, 1.82) is 0 Å². The standard InChI is InChI=1S/C15H29BrN2.BrH/c1-2-3-4-5-6-7-8-9-11-17-13-14-18(15-17)12-10-16;/h13-14H,2-12,15H2,1H3;1H. The molecule has 0 N–H and O–H groups in total. The van der Waals surface area contributed by atoms with Crippen LogP contribution >= 0.6 is 32.9 Å². The fourth-order valence-corrected chi connectivity index (χ4v) is 2.82. The Morgan fingerprint density at radius 2 is 1.37 bits per heavy atom. The summed E-state index contributed by atoms with van der Waals surface area (Å²) in [5.74, 6) is 0. The van der Waals surface area contributed by atoms with E-state index in [1.54, 1.807) is 0 Å². The third-order valence-electron chi connectivity index (χ3n) is 3.52. The summed E-state index contributed by atoms with van der Waals surface area (Å²) < 4.78 is 0. The fraction of sp³-hybridized carbons (Fsp3) is 0.867. The highest BCUT2D eigenvalue weighted by molar-refractivity contribution is 9.09. The zero-order chi connectivity index (χ0) is 13.1. The normalized spacial score (nSPS) is 14.0. The smallest absolute Gasteiger partial charge is 0.0894 e. The van der Waals surface area contributed by atoms with Crippen LogP contribution in [0.3, 0.4) is 0 Å². The lowest BCUT2D eigenvalue weighted by Crippen LogP contribution is -2.27. The minimum Gasteiger partial charge on any atom is -0.359 e. The first-order chi connectivity index (χ1) is 8.86. The maximum Gasteiger partial charge on any atom is 0.0894 e. The summed E-state index contributed by atoms with van der Waals surface area (Å²) in [5, 5.41) is 1.06. The third-order valence-corrected chi connectivity index (χ3v) is 3.88. The van der Waals surface area contributed by atoms with Gasteiger partial charge in [-0.1, -0.05) is 67.8 Å². The molecule has 0 aromatic carbocycles. The van der Waals surface area contributed by atoms with Gasteiger partial charge in [-0.2, -0.15) is 0 Å². The highest BCUT2D eigenvalue weighted by Crippen LogP contribution is 2.11. The van der Waals surface area contributed by atoms with Crippen molar-refractivity contribution in [3.05, 3.63) is 12.4 Å². The maximum absolute atomic E-state index is 3.48. The first-order valence-electron chi connectivity index (χ1n) is 7.59. The molecular weight excluding hydrogens is 368 g/mol. The molecule has 0 aromatic heterocycles. The molecule has 1 rings (SSSR count). The summed E-state index contributed by atoms with van der Waals surface area (Å²) in [6.45, 7) is 5.71. The number of rotatable bonds is 11. The molecule has 0 spiro atoms. The van der Waals surface area contributed by atoms with Crippen molar-refractivity contribution in [1.82, 2.24) is 9.80 Å². The number of halogens is 2. The molecule has 4 heteroatoms. The average Bonchev–Trinajstić information content (AvgIpc) is 2.81. The molecule has 0 aromatic rings. The monoisotopic (exact) mass is 396 g/mol. The highest BCUT2D eigenvalue weighted by Gasteiger charge is 2.10. The summed E-state index contributed by atoms with van der Waals surface area (Å²) in [5.41, 5.74) is 0. The fourth-order valence-electron chi connectivity index (χ4n) is 2.36. The second-order valence-electron chi connectivity index (χ2n) is 5.23. The lowest BCUT2D eigenvalue weighted by Gasteiger charge is -2.20. The van der Waals surface area contributed by atoms with Crippen LogP contribution in [-0.2, 0) is 0 Å². The molecule has 19 heavy (non-hydrogen) atoms. The van der Waals surface area contributed by atoms with Crippen LogP contribution in [0.25, 0.3) is 0 Å². The Hall–Kier alpha value is 0.300. The van der Waals surface area contributed by atoms with Crippen molar-refractivity contribution < 1.29 is 0 Å². The SMILES string of the molecule is Br.CCCCCCCCCCN1C=CN(CCBr)C1. The first kappa shape index (κ1) is 19.3. The molecule has 0 unspecified atom stereocenters. The molecule has 114 valence electrons. The largest absolute Gasteiger partial charge is 0.359 e. The van der Waals surface area contributed by atoms with E-state index in [0.29, 0.717) is 0 Å². The van der Waals surface area contributed by atoms with Gasteiger partial charge in [0, 0.05) is 30.8 Å². The molecule has 0 radical (unpaired) electrons. The van der Waals surface area contributed by atoms with Crippen molar-refractivity contribution in [3.63, 3.8) is 0 Å². The Bertz CT molecular complexity index is 222. The van der Waals surface area contributed by atoms with E-state index in [-0.39, 0.29) is 17.0 Å². The van der Waals surface area contributed by atoms with Gasteiger partial charge in [0.05, 0.1) is 6.67 Å². The van der Waals surface area contributed by atoms with Crippen LogP contribution in [0.1, 0.15) is 58.3 Å². The van der Waals surface area contributed by atoms with Crippen molar-refractivity contribution in [3.8, 4) is 0 Å². The lowest BCUT2D eigenvalue weighted by molar-refractivity contribution is 0.270. The molecule has 2 nitrogen and oxygen atoms in total. The third kappa shape index (κ3) is 9.78. The van der Waals surface area contributed by atoms with Crippen LogP contribution in [0.5, 0.6) is 0 Å². The van der Waals surface area contributed by atoms with Gasteiger partial charge in [0.2, 0.25) is 0 Å². The van der Waals surface area contributed by atoms with E-state index in [1.165, 1.54) is 57.9 Å². The summed E-state index contributed by atoms with van der Waals surface area (Å²) in [7, 11) is 0. The van der Waals surface area contributed by atoms with Gasteiger partial charge in [-0.3, -0.25) is 0 Å². The van der Waals surface area contributed by atoms with Crippen LogP contribution in [0.2, 0.25) is 0 Å². The minimum atomic E-state index is 0. The molecule has 0 bridgehead atoms. The number of hydrogen-bond donors (Lipinski definition) is 0. The van der Waals surface area contributed by atoms with Crippen molar-refractivity contribution >= 4 is 32.9 Å². The van der Waals surface area contributed by atoms with Crippen LogP contribution in [0, 0.1) is 0 Å². The molecule has 1 aliphatic heterocycles. The van der Waals surface area contributed by atoms with Crippen molar-refractivity contribution in [2.24, 2.45) is 0 Å². The van der Waals surface area contributed by atoms with Gasteiger partial charge >= 0.3 is 0 Å². The summed E-state index contributed by atoms with van der Waals surface area (Å²) >= 11 is 3.48. The van der Waals surface area contributed by atoms with Crippen molar-refractivity contribution in [2.45, 2.75) is 58.3 Å². The highest BCUT2D eigenvalue weighted by atomic mass is 79.9. The van der Waals surface area contributed by atoms with Crippen LogP contribution in [-0.4, -0.2) is 34.9 Å². The molecule has 0 saturated heterocycles. The van der Waals surface area contributed by atoms with Crippen LogP contribution in [0.15, 0.2) is 12.4 Å². The van der Waals surface area contributed by atoms with E-state index >= 15 is 0 Å². The Labute approximate surface area is 138 Å². The Morgan fingerprint density at radius 3 is 1.95 bits per heavy atom. The van der Waals surface area contributed by atoms with Gasteiger partial charge in [-0.15, -0.1) is 17.0 Å². The van der Waals surface area contributed by atoms with Gasteiger partial charge in [0.1, 0.15) is 0 Å². The van der Waals surface area contributed by atoms with Gasteiger partial charge in [0.15, 0.2) is 0 Å². The summed E-state index contributed by atoms with van der Waals surface area (Å²) in [4.78, 5) is 4.79. The quantitative estimate of drug-likeness (QED) is 0.351. The second-order valence-corrected chi connectivity index (χ2v) is 6.02. The predicted molar refractivity (Wildman–Crippen MR) is 94.1 cm³/mol. The topological polar surface area (TPSA) is 6.48 Å². The lowest BCUT2D eigenvalue weighted by atomic mass is 10.1. The molecule has 1 heterocycles. The van der Waals surface area contributed by atoms with Crippen LogP contribution in [0.4, 0.5) is 0 Å². The Balaban J connectivity index is 0.00000324. The molecule has 0 aliphatic carbocycles. The van der Waals surface area contributed by atoms with Gasteiger partial charge in [-0.05, 0) is 6.42 Å². The predicted octanol–water partition coefficient (Wildman–Crippen LogP) is 5.15. The molecule has 1 aliphatic rings. The zero-order valence-electron chi connectivity index (χ0n) is 12.3. The Kier molecular flexibility index (Phi) is 13.5. The zero-order valence-corrected chi connectivity index (χ0v) is 15.6. The molecule has 0 saturated carbocycles. The van der Waals surface area contributed by atoms with Gasteiger partial charge in [-0.25, -0.2) is 0 Å². The van der Waals surface area contributed by atoms with E-state index in [2.05, 4.69) is 45.1 Å². The number of hydrogen-bond acceptors (Lipinski definition) is 2. The first-order valence-corrected chi connectivity index (χ1v) is 8.71. The number of alkyl halides is 1. The number of unbranched alkanes of at least 4 members (excludes halogenated alkanes) is 7. The van der Waals surface area contributed by atoms with E-state index in [0.717, 1.165) is 18.5 Å². The van der Waals surface area contributed by atoms with Crippen molar-refractivity contribution in [2.75, 3.05) is 25.1 Å². The summed E-state index contributed by atoms with van der Waals surface area (Å²) in [6, 6.07) is 0.